The molecule has 0 spiro atoms. The second kappa shape index (κ2) is 4.33. The normalized spacial score (nSPS) is 36.4. The van der Waals surface area contributed by atoms with Gasteiger partial charge in [0, 0.05) is 31.5 Å². The summed E-state index contributed by atoms with van der Waals surface area (Å²) in [5.41, 5.74) is 2.06. The summed E-state index contributed by atoms with van der Waals surface area (Å²) in [5.74, 6) is 1.55. The molecule has 3 aliphatic rings. The highest BCUT2D eigenvalue weighted by Gasteiger charge is 2.52. The van der Waals surface area contributed by atoms with E-state index in [-0.39, 0.29) is 0 Å². The van der Waals surface area contributed by atoms with Crippen LogP contribution in [0.25, 0.3) is 0 Å². The van der Waals surface area contributed by atoms with Crippen LogP contribution in [0.5, 0.6) is 0 Å². The van der Waals surface area contributed by atoms with Crippen molar-refractivity contribution in [3.8, 4) is 6.07 Å². The van der Waals surface area contributed by atoms with E-state index in [0.717, 1.165) is 23.9 Å². The minimum absolute atomic E-state index is 0.543. The third kappa shape index (κ3) is 1.87. The van der Waals surface area contributed by atoms with Gasteiger partial charge in [-0.1, -0.05) is 12.1 Å². The Morgan fingerprint density at radius 2 is 1.74 bits per heavy atom. The Labute approximate surface area is 113 Å². The minimum Gasteiger partial charge on any atom is -0.374 e. The molecule has 0 N–H and O–H groups in total. The lowest BCUT2D eigenvalue weighted by molar-refractivity contribution is 0.0697. The number of nitrogens with zero attached hydrogens (tertiary/aromatic N) is 2. The molecule has 0 saturated carbocycles. The van der Waals surface area contributed by atoms with Gasteiger partial charge in [-0.05, 0) is 30.5 Å². The van der Waals surface area contributed by atoms with Gasteiger partial charge >= 0.3 is 0 Å². The van der Waals surface area contributed by atoms with Crippen molar-refractivity contribution in [3.05, 3.63) is 35.4 Å². The standard InChI is InChI=1S/C16H18N2O/c17-7-11-1-3-12(4-2-11)8-18-9-13-14(10-18)16-6-5-15(13)19-16/h1-4,13-16H,5-6,8-10H2. The maximum Gasteiger partial charge on any atom is 0.0991 e. The summed E-state index contributed by atoms with van der Waals surface area (Å²) >= 11 is 0. The molecule has 0 amide bonds. The van der Waals surface area contributed by atoms with Gasteiger partial charge in [-0.25, -0.2) is 0 Å². The van der Waals surface area contributed by atoms with Crippen molar-refractivity contribution < 1.29 is 4.74 Å². The first-order chi connectivity index (χ1) is 9.33. The molecule has 3 heterocycles. The van der Waals surface area contributed by atoms with Crippen LogP contribution in [0.4, 0.5) is 0 Å². The minimum atomic E-state index is 0.543. The number of likely N-dealkylation sites (tertiary alicyclic amines) is 1. The van der Waals surface area contributed by atoms with Crippen molar-refractivity contribution in [1.29, 1.82) is 5.26 Å². The van der Waals surface area contributed by atoms with Crippen molar-refractivity contribution in [2.45, 2.75) is 31.6 Å². The van der Waals surface area contributed by atoms with Crippen molar-refractivity contribution in [1.82, 2.24) is 4.90 Å². The fourth-order valence-corrected chi connectivity index (χ4v) is 4.12. The van der Waals surface area contributed by atoms with E-state index < -0.39 is 0 Å². The first-order valence-corrected chi connectivity index (χ1v) is 7.20. The zero-order valence-corrected chi connectivity index (χ0v) is 11.0. The molecule has 4 unspecified atom stereocenters. The maximum atomic E-state index is 8.81. The molecular weight excluding hydrogens is 236 g/mol. The molecule has 3 fully saturated rings. The van der Waals surface area contributed by atoms with E-state index in [1.807, 2.05) is 12.1 Å². The number of benzene rings is 1. The summed E-state index contributed by atoms with van der Waals surface area (Å²) < 4.78 is 6.01. The maximum absolute atomic E-state index is 8.81. The Morgan fingerprint density at radius 1 is 1.11 bits per heavy atom. The van der Waals surface area contributed by atoms with Crippen LogP contribution < -0.4 is 0 Å². The summed E-state index contributed by atoms with van der Waals surface area (Å²) in [6, 6.07) is 10.2. The Morgan fingerprint density at radius 3 is 2.32 bits per heavy atom. The van der Waals surface area contributed by atoms with Gasteiger partial charge in [-0.15, -0.1) is 0 Å². The van der Waals surface area contributed by atoms with Crippen LogP contribution >= 0.6 is 0 Å². The van der Waals surface area contributed by atoms with E-state index >= 15 is 0 Å². The van der Waals surface area contributed by atoms with Crippen molar-refractivity contribution in [2.24, 2.45) is 11.8 Å². The van der Waals surface area contributed by atoms with Crippen LogP contribution in [0.15, 0.2) is 24.3 Å². The first-order valence-electron chi connectivity index (χ1n) is 7.20. The lowest BCUT2D eigenvalue weighted by Gasteiger charge is -2.18. The largest absolute Gasteiger partial charge is 0.374 e. The topological polar surface area (TPSA) is 36.3 Å². The molecule has 0 radical (unpaired) electrons. The second-order valence-electron chi connectivity index (χ2n) is 6.12. The smallest absolute Gasteiger partial charge is 0.0991 e. The molecule has 98 valence electrons. The first kappa shape index (κ1) is 11.5. The lowest BCUT2D eigenvalue weighted by Crippen LogP contribution is -2.24. The Hall–Kier alpha value is -1.37. The molecule has 3 aliphatic heterocycles. The van der Waals surface area contributed by atoms with E-state index in [1.165, 1.54) is 31.5 Å². The van der Waals surface area contributed by atoms with Crippen molar-refractivity contribution in [3.63, 3.8) is 0 Å². The number of fused-ring (bicyclic) bond motifs is 5. The van der Waals surface area contributed by atoms with E-state index in [4.69, 9.17) is 10.00 Å². The zero-order valence-electron chi connectivity index (χ0n) is 11.0. The molecule has 3 heteroatoms. The predicted octanol–water partition coefficient (Wildman–Crippen LogP) is 2.17. The van der Waals surface area contributed by atoms with E-state index in [2.05, 4.69) is 23.1 Å². The van der Waals surface area contributed by atoms with E-state index in [9.17, 15) is 0 Å². The van der Waals surface area contributed by atoms with E-state index in [1.54, 1.807) is 0 Å². The summed E-state index contributed by atoms with van der Waals surface area (Å²) in [7, 11) is 0. The van der Waals surface area contributed by atoms with Crippen molar-refractivity contribution in [2.75, 3.05) is 13.1 Å². The van der Waals surface area contributed by atoms with Gasteiger partial charge < -0.3 is 4.74 Å². The molecule has 4 atom stereocenters. The SMILES string of the molecule is N#Cc1ccc(CN2CC3C4CCC(O4)C3C2)cc1. The number of hydrogen-bond donors (Lipinski definition) is 0. The molecule has 1 aromatic rings. The highest BCUT2D eigenvalue weighted by Crippen LogP contribution is 2.47. The number of nitriles is 1. The van der Waals surface area contributed by atoms with Gasteiger partial charge in [0.25, 0.3) is 0 Å². The van der Waals surface area contributed by atoms with Crippen LogP contribution in [0.1, 0.15) is 24.0 Å². The van der Waals surface area contributed by atoms with Crippen LogP contribution in [0.3, 0.4) is 0 Å². The predicted molar refractivity (Wildman–Crippen MR) is 71.3 cm³/mol. The summed E-state index contributed by atoms with van der Waals surface area (Å²) in [6.07, 6.45) is 3.63. The van der Waals surface area contributed by atoms with Gasteiger partial charge in [-0.3, -0.25) is 4.90 Å². The molecular formula is C16H18N2O. The molecule has 4 rings (SSSR count). The Kier molecular flexibility index (Phi) is 2.61. The van der Waals surface area contributed by atoms with Gasteiger partial charge in [-0.2, -0.15) is 5.26 Å². The lowest BCUT2D eigenvalue weighted by atomic mass is 9.82. The van der Waals surface area contributed by atoms with Gasteiger partial charge in [0.15, 0.2) is 0 Å². The molecule has 1 aromatic carbocycles. The average Bonchev–Trinajstić information content (AvgIpc) is 3.11. The third-order valence-corrected chi connectivity index (χ3v) is 5.02. The highest BCUT2D eigenvalue weighted by atomic mass is 16.5. The molecule has 3 nitrogen and oxygen atoms in total. The van der Waals surface area contributed by atoms with Gasteiger partial charge in [0.2, 0.25) is 0 Å². The molecule has 2 bridgehead atoms. The van der Waals surface area contributed by atoms with E-state index in [0.29, 0.717) is 12.2 Å². The fourth-order valence-electron chi connectivity index (χ4n) is 4.12. The third-order valence-electron chi connectivity index (χ3n) is 5.02. The molecule has 3 saturated heterocycles. The van der Waals surface area contributed by atoms with Crippen molar-refractivity contribution >= 4 is 0 Å². The number of ether oxygens (including phenoxy) is 1. The fraction of sp³-hybridized carbons (Fsp3) is 0.562. The Bertz CT molecular complexity index is 501. The quantitative estimate of drug-likeness (QED) is 0.811. The average molecular weight is 254 g/mol. The second-order valence-corrected chi connectivity index (χ2v) is 6.12. The van der Waals surface area contributed by atoms with Crippen LogP contribution in [-0.4, -0.2) is 30.2 Å². The Balaban J connectivity index is 1.43. The summed E-state index contributed by atoms with van der Waals surface area (Å²) in [6.45, 7) is 3.38. The summed E-state index contributed by atoms with van der Waals surface area (Å²) in [4.78, 5) is 2.56. The number of hydrogen-bond acceptors (Lipinski definition) is 3. The van der Waals surface area contributed by atoms with Gasteiger partial charge in [0.05, 0.1) is 23.8 Å². The van der Waals surface area contributed by atoms with Gasteiger partial charge in [0.1, 0.15) is 0 Å². The highest BCUT2D eigenvalue weighted by molar-refractivity contribution is 5.31. The molecule has 19 heavy (non-hydrogen) atoms. The zero-order chi connectivity index (χ0) is 12.8. The summed E-state index contributed by atoms with van der Waals surface area (Å²) in [5, 5.41) is 8.81. The van der Waals surface area contributed by atoms with Crippen LogP contribution in [0.2, 0.25) is 0 Å². The van der Waals surface area contributed by atoms with Crippen LogP contribution in [-0.2, 0) is 11.3 Å². The number of rotatable bonds is 2. The van der Waals surface area contributed by atoms with Crippen LogP contribution in [0, 0.1) is 23.2 Å². The monoisotopic (exact) mass is 254 g/mol. The molecule has 0 aromatic heterocycles. The molecule has 0 aliphatic carbocycles.